The van der Waals surface area contributed by atoms with E-state index in [1.807, 2.05) is 12.1 Å². The predicted octanol–water partition coefficient (Wildman–Crippen LogP) is 3.01. The molecule has 0 aliphatic heterocycles. The largest absolute Gasteiger partial charge is 0.397 e. The molecule has 1 aromatic rings. The first kappa shape index (κ1) is 13.1. The molecule has 3 nitrogen and oxygen atoms in total. The molecule has 0 spiro atoms. The molecule has 90 valence electrons. The highest BCUT2D eigenvalue weighted by Crippen LogP contribution is 2.22. The highest BCUT2D eigenvalue weighted by molar-refractivity contribution is 6.31. The molecular weight excluding hydrogens is 224 g/mol. The summed E-state index contributed by atoms with van der Waals surface area (Å²) in [6.45, 7) is 6.48. The predicted molar refractivity (Wildman–Crippen MR) is 70.0 cm³/mol. The Morgan fingerprint density at radius 3 is 2.81 bits per heavy atom. The van der Waals surface area contributed by atoms with Gasteiger partial charge in [-0.1, -0.05) is 25.4 Å². The molecule has 0 bridgehead atoms. The summed E-state index contributed by atoms with van der Waals surface area (Å²) in [5.41, 5.74) is 7.36. The van der Waals surface area contributed by atoms with Crippen molar-refractivity contribution in [3.05, 3.63) is 23.2 Å². The van der Waals surface area contributed by atoms with Crippen molar-refractivity contribution in [2.75, 3.05) is 30.8 Å². The second-order valence-electron chi connectivity index (χ2n) is 4.13. The van der Waals surface area contributed by atoms with Crippen LogP contribution in [-0.2, 0) is 4.74 Å². The zero-order valence-corrected chi connectivity index (χ0v) is 10.6. The fourth-order valence-corrected chi connectivity index (χ4v) is 1.45. The Hall–Kier alpha value is -0.930. The third kappa shape index (κ3) is 4.73. The Bertz CT molecular complexity index is 329. The second-order valence-corrected chi connectivity index (χ2v) is 4.56. The lowest BCUT2D eigenvalue weighted by Crippen LogP contribution is -2.12. The van der Waals surface area contributed by atoms with Gasteiger partial charge in [0.15, 0.2) is 0 Å². The summed E-state index contributed by atoms with van der Waals surface area (Å²) in [4.78, 5) is 0. The van der Waals surface area contributed by atoms with Gasteiger partial charge in [0.05, 0.1) is 18.0 Å². The molecule has 0 aromatic heterocycles. The lowest BCUT2D eigenvalue weighted by Gasteiger charge is -2.10. The lowest BCUT2D eigenvalue weighted by atomic mass is 10.2. The molecule has 1 aromatic carbocycles. The number of hydrogen-bond donors (Lipinski definition) is 2. The molecule has 0 saturated carbocycles. The maximum Gasteiger partial charge on any atom is 0.0639 e. The summed E-state index contributed by atoms with van der Waals surface area (Å²) in [6.07, 6.45) is 0. The van der Waals surface area contributed by atoms with Gasteiger partial charge in [0.1, 0.15) is 0 Å². The van der Waals surface area contributed by atoms with Crippen LogP contribution in [0.15, 0.2) is 18.2 Å². The number of nitrogens with one attached hydrogen (secondary N) is 1. The first-order valence-electron chi connectivity index (χ1n) is 5.46. The van der Waals surface area contributed by atoms with Crippen molar-refractivity contribution in [3.8, 4) is 0 Å². The monoisotopic (exact) mass is 242 g/mol. The SMILES string of the molecule is CC(C)COCCNc1ccc(Cl)cc1N. The Labute approximate surface area is 102 Å². The van der Waals surface area contributed by atoms with Crippen molar-refractivity contribution in [1.29, 1.82) is 0 Å². The van der Waals surface area contributed by atoms with Gasteiger partial charge in [-0.3, -0.25) is 0 Å². The molecule has 0 aliphatic rings. The molecule has 16 heavy (non-hydrogen) atoms. The van der Waals surface area contributed by atoms with Crippen molar-refractivity contribution >= 4 is 23.0 Å². The molecule has 0 atom stereocenters. The highest BCUT2D eigenvalue weighted by Gasteiger charge is 1.99. The third-order valence-corrected chi connectivity index (χ3v) is 2.26. The van der Waals surface area contributed by atoms with Crippen LogP contribution < -0.4 is 11.1 Å². The third-order valence-electron chi connectivity index (χ3n) is 2.03. The van der Waals surface area contributed by atoms with Crippen LogP contribution in [0, 0.1) is 5.92 Å². The minimum absolute atomic E-state index is 0.570. The number of nitrogens with two attached hydrogens (primary N) is 1. The quantitative estimate of drug-likeness (QED) is 0.596. The molecule has 0 unspecified atom stereocenters. The van der Waals surface area contributed by atoms with Gasteiger partial charge < -0.3 is 15.8 Å². The standard InChI is InChI=1S/C12H19ClN2O/c1-9(2)8-16-6-5-15-12-4-3-10(13)7-11(12)14/h3-4,7,9,15H,5-6,8,14H2,1-2H3. The van der Waals surface area contributed by atoms with Crippen LogP contribution in [0.4, 0.5) is 11.4 Å². The van der Waals surface area contributed by atoms with E-state index in [-0.39, 0.29) is 0 Å². The van der Waals surface area contributed by atoms with Crippen LogP contribution in [0.25, 0.3) is 0 Å². The zero-order valence-electron chi connectivity index (χ0n) is 9.79. The number of nitrogen functional groups attached to an aromatic ring is 1. The number of benzene rings is 1. The number of halogens is 1. The fourth-order valence-electron chi connectivity index (χ4n) is 1.27. The van der Waals surface area contributed by atoms with Crippen LogP contribution >= 0.6 is 11.6 Å². The lowest BCUT2D eigenvalue weighted by molar-refractivity contribution is 0.118. The van der Waals surface area contributed by atoms with E-state index < -0.39 is 0 Å². The molecule has 0 heterocycles. The first-order valence-corrected chi connectivity index (χ1v) is 5.84. The molecular formula is C12H19ClN2O. The van der Waals surface area contributed by atoms with Gasteiger partial charge >= 0.3 is 0 Å². The molecule has 0 fully saturated rings. The van der Waals surface area contributed by atoms with Gasteiger partial charge in [0.2, 0.25) is 0 Å². The smallest absolute Gasteiger partial charge is 0.0639 e. The summed E-state index contributed by atoms with van der Waals surface area (Å²) >= 11 is 5.80. The summed E-state index contributed by atoms with van der Waals surface area (Å²) in [5, 5.41) is 3.86. The first-order chi connectivity index (χ1) is 7.59. The van der Waals surface area contributed by atoms with Gasteiger partial charge in [0, 0.05) is 18.2 Å². The van der Waals surface area contributed by atoms with Gasteiger partial charge in [-0.15, -0.1) is 0 Å². The molecule has 0 aliphatic carbocycles. The van der Waals surface area contributed by atoms with Crippen LogP contribution in [0.2, 0.25) is 5.02 Å². The van der Waals surface area contributed by atoms with Crippen LogP contribution in [-0.4, -0.2) is 19.8 Å². The van der Waals surface area contributed by atoms with Crippen molar-refractivity contribution in [1.82, 2.24) is 0 Å². The Kier molecular flexibility index (Phi) is 5.43. The maximum atomic E-state index is 5.80. The summed E-state index contributed by atoms with van der Waals surface area (Å²) in [6, 6.07) is 5.42. The van der Waals surface area contributed by atoms with Crippen LogP contribution in [0.1, 0.15) is 13.8 Å². The molecule has 0 saturated heterocycles. The Morgan fingerprint density at radius 2 is 2.19 bits per heavy atom. The van der Waals surface area contributed by atoms with Gasteiger partial charge in [-0.05, 0) is 24.1 Å². The van der Waals surface area contributed by atoms with E-state index in [0.717, 1.165) is 18.8 Å². The van der Waals surface area contributed by atoms with Gasteiger partial charge in [-0.2, -0.15) is 0 Å². The van der Waals surface area contributed by atoms with E-state index in [1.165, 1.54) is 0 Å². The topological polar surface area (TPSA) is 47.3 Å². The van der Waals surface area contributed by atoms with E-state index >= 15 is 0 Å². The molecule has 4 heteroatoms. The molecule has 0 amide bonds. The number of ether oxygens (including phenoxy) is 1. The molecule has 0 radical (unpaired) electrons. The van der Waals surface area contributed by atoms with Crippen molar-refractivity contribution in [2.24, 2.45) is 5.92 Å². The normalized spacial score (nSPS) is 10.8. The van der Waals surface area contributed by atoms with E-state index in [9.17, 15) is 0 Å². The highest BCUT2D eigenvalue weighted by atomic mass is 35.5. The van der Waals surface area contributed by atoms with E-state index in [1.54, 1.807) is 6.07 Å². The second kappa shape index (κ2) is 6.61. The van der Waals surface area contributed by atoms with E-state index in [4.69, 9.17) is 22.1 Å². The van der Waals surface area contributed by atoms with Gasteiger partial charge in [-0.25, -0.2) is 0 Å². The van der Waals surface area contributed by atoms with Crippen molar-refractivity contribution in [2.45, 2.75) is 13.8 Å². The van der Waals surface area contributed by atoms with Gasteiger partial charge in [0.25, 0.3) is 0 Å². The van der Waals surface area contributed by atoms with Crippen LogP contribution in [0.5, 0.6) is 0 Å². The average Bonchev–Trinajstić information content (AvgIpc) is 2.20. The minimum Gasteiger partial charge on any atom is -0.397 e. The summed E-state index contributed by atoms with van der Waals surface area (Å²) in [5.74, 6) is 0.570. The minimum atomic E-state index is 0.570. The maximum absolute atomic E-state index is 5.80. The van der Waals surface area contributed by atoms with Crippen molar-refractivity contribution in [3.63, 3.8) is 0 Å². The number of rotatable bonds is 6. The molecule has 1 rings (SSSR count). The van der Waals surface area contributed by atoms with Crippen LogP contribution in [0.3, 0.4) is 0 Å². The Morgan fingerprint density at radius 1 is 1.44 bits per heavy atom. The van der Waals surface area contributed by atoms with E-state index in [0.29, 0.717) is 23.2 Å². The van der Waals surface area contributed by atoms with E-state index in [2.05, 4.69) is 19.2 Å². The van der Waals surface area contributed by atoms with Crippen molar-refractivity contribution < 1.29 is 4.74 Å². The fraction of sp³-hybridized carbons (Fsp3) is 0.500. The molecule has 3 N–H and O–H groups in total. The number of anilines is 2. The zero-order chi connectivity index (χ0) is 12.0. The summed E-state index contributed by atoms with van der Waals surface area (Å²) < 4.78 is 5.45. The average molecular weight is 243 g/mol. The Balaban J connectivity index is 2.27. The number of hydrogen-bond acceptors (Lipinski definition) is 3. The summed E-state index contributed by atoms with van der Waals surface area (Å²) in [7, 11) is 0.